The summed E-state index contributed by atoms with van der Waals surface area (Å²) in [5.41, 5.74) is 2.13. The first-order valence-corrected chi connectivity index (χ1v) is 7.17. The molecule has 0 fully saturated rings. The van der Waals surface area contributed by atoms with Crippen LogP contribution in [0, 0.1) is 6.92 Å². The van der Waals surface area contributed by atoms with Crippen molar-refractivity contribution in [1.82, 2.24) is 9.97 Å². The number of para-hydroxylation sites is 1. The van der Waals surface area contributed by atoms with Crippen LogP contribution in [0.2, 0.25) is 0 Å². The van der Waals surface area contributed by atoms with Gasteiger partial charge in [0, 0.05) is 24.2 Å². The maximum Gasteiger partial charge on any atom is 0.134 e. The van der Waals surface area contributed by atoms with E-state index in [2.05, 4.69) is 27.5 Å². The molecule has 5 heteroatoms. The minimum absolute atomic E-state index is 0.662. The number of aromatic nitrogens is 2. The Hall–Kier alpha value is -2.30. The first kappa shape index (κ1) is 15.1. The summed E-state index contributed by atoms with van der Waals surface area (Å²) in [6.45, 7) is 5.71. The summed E-state index contributed by atoms with van der Waals surface area (Å²) in [7, 11) is 1.68. The lowest BCUT2D eigenvalue weighted by molar-refractivity contribution is 0.410. The molecule has 2 N–H and O–H groups in total. The van der Waals surface area contributed by atoms with E-state index < -0.39 is 0 Å². The third-order valence-corrected chi connectivity index (χ3v) is 3.27. The lowest BCUT2D eigenvalue weighted by Crippen LogP contribution is -2.09. The summed E-state index contributed by atoms with van der Waals surface area (Å²) in [6.07, 6.45) is 2.64. The number of nitrogens with zero attached hydrogens (tertiary/aromatic N) is 2. The van der Waals surface area contributed by atoms with Gasteiger partial charge in [-0.05, 0) is 19.4 Å². The predicted octanol–water partition coefficient (Wildman–Crippen LogP) is 3.23. The highest BCUT2D eigenvalue weighted by molar-refractivity contribution is 5.56. The van der Waals surface area contributed by atoms with E-state index in [9.17, 15) is 0 Å². The van der Waals surface area contributed by atoms with Crippen molar-refractivity contribution < 1.29 is 4.74 Å². The molecule has 0 spiro atoms. The highest BCUT2D eigenvalue weighted by Gasteiger charge is 2.07. The Kier molecular flexibility index (Phi) is 5.37. The Bertz CT molecular complexity index is 586. The minimum atomic E-state index is 0.662. The normalized spacial score (nSPS) is 10.2. The summed E-state index contributed by atoms with van der Waals surface area (Å²) >= 11 is 0. The molecule has 0 amide bonds. The third-order valence-electron chi connectivity index (χ3n) is 3.27. The lowest BCUT2D eigenvalue weighted by atomic mass is 10.2. The van der Waals surface area contributed by atoms with Crippen LogP contribution in [0.15, 0.2) is 30.6 Å². The zero-order valence-electron chi connectivity index (χ0n) is 12.8. The van der Waals surface area contributed by atoms with Gasteiger partial charge < -0.3 is 15.4 Å². The molecule has 21 heavy (non-hydrogen) atoms. The topological polar surface area (TPSA) is 59.1 Å². The van der Waals surface area contributed by atoms with Gasteiger partial charge in [0.1, 0.15) is 23.7 Å². The van der Waals surface area contributed by atoms with E-state index in [0.717, 1.165) is 41.5 Å². The molecule has 2 rings (SSSR count). The van der Waals surface area contributed by atoms with Crippen LogP contribution in [-0.2, 0) is 6.54 Å². The number of methoxy groups -OCH3 is 1. The van der Waals surface area contributed by atoms with Crippen molar-refractivity contribution in [1.29, 1.82) is 0 Å². The van der Waals surface area contributed by atoms with Crippen LogP contribution >= 0.6 is 0 Å². The average molecular weight is 286 g/mol. The minimum Gasteiger partial charge on any atom is -0.496 e. The fourth-order valence-corrected chi connectivity index (χ4v) is 2.08. The Morgan fingerprint density at radius 1 is 1.10 bits per heavy atom. The van der Waals surface area contributed by atoms with Gasteiger partial charge in [-0.15, -0.1) is 0 Å². The van der Waals surface area contributed by atoms with Crippen LogP contribution < -0.4 is 15.4 Å². The molecule has 0 aliphatic heterocycles. The van der Waals surface area contributed by atoms with E-state index in [-0.39, 0.29) is 0 Å². The predicted molar refractivity (Wildman–Crippen MR) is 85.9 cm³/mol. The van der Waals surface area contributed by atoms with Crippen molar-refractivity contribution in [3.63, 3.8) is 0 Å². The molecular formula is C16H22N4O. The van der Waals surface area contributed by atoms with E-state index >= 15 is 0 Å². The molecule has 1 heterocycles. The molecule has 1 aromatic carbocycles. The Morgan fingerprint density at radius 2 is 1.81 bits per heavy atom. The van der Waals surface area contributed by atoms with Crippen molar-refractivity contribution in [2.24, 2.45) is 0 Å². The first-order chi connectivity index (χ1) is 10.3. The Balaban J connectivity index is 2.09. The van der Waals surface area contributed by atoms with Gasteiger partial charge in [0.05, 0.1) is 7.11 Å². The van der Waals surface area contributed by atoms with Crippen LogP contribution in [0.4, 0.5) is 11.6 Å². The molecular weight excluding hydrogens is 264 g/mol. The second-order valence-corrected chi connectivity index (χ2v) is 4.79. The van der Waals surface area contributed by atoms with E-state index in [1.807, 2.05) is 31.2 Å². The number of nitrogens with one attached hydrogen (secondary N) is 2. The van der Waals surface area contributed by atoms with Crippen molar-refractivity contribution >= 4 is 11.6 Å². The lowest BCUT2D eigenvalue weighted by Gasteiger charge is -2.13. The van der Waals surface area contributed by atoms with E-state index in [0.29, 0.717) is 6.54 Å². The first-order valence-electron chi connectivity index (χ1n) is 7.17. The maximum atomic E-state index is 5.36. The molecule has 112 valence electrons. The van der Waals surface area contributed by atoms with Crippen molar-refractivity contribution in [2.45, 2.75) is 26.8 Å². The van der Waals surface area contributed by atoms with Gasteiger partial charge >= 0.3 is 0 Å². The molecule has 1 aromatic heterocycles. The smallest absolute Gasteiger partial charge is 0.134 e. The zero-order chi connectivity index (χ0) is 15.1. The van der Waals surface area contributed by atoms with Gasteiger partial charge in [0.2, 0.25) is 0 Å². The molecule has 0 bridgehead atoms. The van der Waals surface area contributed by atoms with Crippen LogP contribution in [0.3, 0.4) is 0 Å². The maximum absolute atomic E-state index is 5.36. The van der Waals surface area contributed by atoms with Gasteiger partial charge in [0.25, 0.3) is 0 Å². The summed E-state index contributed by atoms with van der Waals surface area (Å²) in [6, 6.07) is 7.96. The number of benzene rings is 1. The Morgan fingerprint density at radius 3 is 2.52 bits per heavy atom. The van der Waals surface area contributed by atoms with Gasteiger partial charge in [-0.25, -0.2) is 9.97 Å². The fraction of sp³-hybridized carbons (Fsp3) is 0.375. The number of anilines is 2. The van der Waals surface area contributed by atoms with Gasteiger partial charge in [-0.2, -0.15) is 0 Å². The van der Waals surface area contributed by atoms with E-state index in [4.69, 9.17) is 4.74 Å². The second-order valence-electron chi connectivity index (χ2n) is 4.79. The SMILES string of the molecule is CCCNc1ncnc(NCc2ccccc2OC)c1C. The quantitative estimate of drug-likeness (QED) is 0.818. The number of rotatable bonds is 7. The fourth-order valence-electron chi connectivity index (χ4n) is 2.08. The highest BCUT2D eigenvalue weighted by atomic mass is 16.5. The average Bonchev–Trinajstić information content (AvgIpc) is 2.53. The molecule has 0 radical (unpaired) electrons. The van der Waals surface area contributed by atoms with Gasteiger partial charge in [-0.3, -0.25) is 0 Å². The summed E-state index contributed by atoms with van der Waals surface area (Å²) in [5, 5.41) is 6.66. The molecule has 0 atom stereocenters. The molecule has 0 saturated heterocycles. The molecule has 0 unspecified atom stereocenters. The third kappa shape index (κ3) is 3.84. The highest BCUT2D eigenvalue weighted by Crippen LogP contribution is 2.21. The largest absolute Gasteiger partial charge is 0.496 e. The van der Waals surface area contributed by atoms with E-state index in [1.54, 1.807) is 13.4 Å². The monoisotopic (exact) mass is 286 g/mol. The summed E-state index contributed by atoms with van der Waals surface area (Å²) < 4.78 is 5.36. The van der Waals surface area contributed by atoms with Crippen molar-refractivity contribution in [2.75, 3.05) is 24.3 Å². The molecule has 2 aromatic rings. The van der Waals surface area contributed by atoms with Crippen LogP contribution in [0.1, 0.15) is 24.5 Å². The molecule has 0 saturated carbocycles. The number of ether oxygens (including phenoxy) is 1. The second kappa shape index (κ2) is 7.47. The molecule has 5 nitrogen and oxygen atoms in total. The molecule has 0 aliphatic rings. The standard InChI is InChI=1S/C16H22N4O/c1-4-9-17-15-12(2)16(20-11-19-15)18-10-13-7-5-6-8-14(13)21-3/h5-8,11H,4,9-10H2,1-3H3,(H2,17,18,19,20). The molecule has 0 aliphatic carbocycles. The van der Waals surface area contributed by atoms with E-state index in [1.165, 1.54) is 0 Å². The number of hydrogen-bond donors (Lipinski definition) is 2. The van der Waals surface area contributed by atoms with Gasteiger partial charge in [-0.1, -0.05) is 25.1 Å². The number of hydrogen-bond acceptors (Lipinski definition) is 5. The van der Waals surface area contributed by atoms with Crippen LogP contribution in [0.5, 0.6) is 5.75 Å². The zero-order valence-corrected chi connectivity index (χ0v) is 12.8. The summed E-state index contributed by atoms with van der Waals surface area (Å²) in [4.78, 5) is 8.59. The van der Waals surface area contributed by atoms with Crippen LogP contribution in [0.25, 0.3) is 0 Å². The Labute approximate surface area is 125 Å². The van der Waals surface area contributed by atoms with Crippen LogP contribution in [-0.4, -0.2) is 23.6 Å². The van der Waals surface area contributed by atoms with Crippen molar-refractivity contribution in [3.05, 3.63) is 41.7 Å². The van der Waals surface area contributed by atoms with Gasteiger partial charge in [0.15, 0.2) is 0 Å². The van der Waals surface area contributed by atoms with Crippen molar-refractivity contribution in [3.8, 4) is 5.75 Å². The summed E-state index contributed by atoms with van der Waals surface area (Å²) in [5.74, 6) is 2.60.